The van der Waals surface area contributed by atoms with Gasteiger partial charge in [-0.3, -0.25) is 4.79 Å². The van der Waals surface area contributed by atoms with Crippen molar-refractivity contribution in [2.45, 2.75) is 12.8 Å². The van der Waals surface area contributed by atoms with Crippen molar-refractivity contribution in [1.29, 1.82) is 0 Å². The molecule has 1 amide bonds. The topological polar surface area (TPSA) is 29.5 Å². The molecule has 0 atom stereocenters. The van der Waals surface area contributed by atoms with Crippen LogP contribution in [0.2, 0.25) is 0 Å². The molecule has 0 radical (unpaired) electrons. The van der Waals surface area contributed by atoms with Gasteiger partial charge >= 0.3 is 0 Å². The van der Waals surface area contributed by atoms with Crippen molar-refractivity contribution in [3.05, 3.63) is 28.7 Å². The van der Waals surface area contributed by atoms with Crippen LogP contribution in [0.3, 0.4) is 0 Å². The molecule has 0 bridgehead atoms. The van der Waals surface area contributed by atoms with Crippen molar-refractivity contribution in [2.75, 3.05) is 20.2 Å². The maximum Gasteiger partial charge on any atom is 0.260 e. The van der Waals surface area contributed by atoms with Crippen molar-refractivity contribution in [2.24, 2.45) is 5.92 Å². The van der Waals surface area contributed by atoms with E-state index in [9.17, 15) is 4.79 Å². The van der Waals surface area contributed by atoms with E-state index >= 15 is 0 Å². The summed E-state index contributed by atoms with van der Waals surface area (Å²) in [6.07, 6.45) is 2.51. The van der Waals surface area contributed by atoms with Crippen LogP contribution in [0.1, 0.15) is 12.8 Å². The van der Waals surface area contributed by atoms with Crippen LogP contribution in [0.5, 0.6) is 5.75 Å². The summed E-state index contributed by atoms with van der Waals surface area (Å²) < 4.78 is 6.44. The number of hydrogen-bond donors (Lipinski definition) is 0. The minimum Gasteiger partial charge on any atom is -0.484 e. The average Bonchev–Trinajstić information content (AvgIpc) is 3.11. The first-order chi connectivity index (χ1) is 8.15. The fraction of sp³-hybridized carbons (Fsp3) is 0.462. The lowest BCUT2D eigenvalue weighted by atomic mass is 10.3. The summed E-state index contributed by atoms with van der Waals surface area (Å²) in [4.78, 5) is 13.5. The van der Waals surface area contributed by atoms with Crippen molar-refractivity contribution < 1.29 is 9.53 Å². The number of amides is 1. The first-order valence-corrected chi connectivity index (χ1v) is 6.57. The van der Waals surface area contributed by atoms with Crippen molar-refractivity contribution >= 4 is 21.8 Å². The second-order valence-electron chi connectivity index (χ2n) is 4.46. The van der Waals surface area contributed by atoms with Gasteiger partial charge in [0.1, 0.15) is 5.75 Å². The number of carbonyl (C=O) groups excluding carboxylic acids is 1. The predicted molar refractivity (Wildman–Crippen MR) is 70.0 cm³/mol. The third kappa shape index (κ3) is 4.04. The summed E-state index contributed by atoms with van der Waals surface area (Å²) in [5.41, 5.74) is 0. The molecule has 4 heteroatoms. The van der Waals surface area contributed by atoms with Crippen LogP contribution in [0.15, 0.2) is 28.7 Å². The van der Waals surface area contributed by atoms with E-state index < -0.39 is 0 Å². The first kappa shape index (κ1) is 12.4. The predicted octanol–water partition coefficient (Wildman–Crippen LogP) is 2.70. The molecule has 3 nitrogen and oxygen atoms in total. The van der Waals surface area contributed by atoms with Gasteiger partial charge in [0.05, 0.1) is 0 Å². The van der Waals surface area contributed by atoms with Gasteiger partial charge in [0, 0.05) is 18.1 Å². The zero-order valence-corrected chi connectivity index (χ0v) is 11.4. The smallest absolute Gasteiger partial charge is 0.260 e. The maximum atomic E-state index is 11.7. The number of benzene rings is 1. The van der Waals surface area contributed by atoms with Gasteiger partial charge in [-0.05, 0) is 43.0 Å². The van der Waals surface area contributed by atoms with E-state index in [1.54, 1.807) is 4.90 Å². The van der Waals surface area contributed by atoms with Crippen molar-refractivity contribution in [3.63, 3.8) is 0 Å². The lowest BCUT2D eigenvalue weighted by molar-refractivity contribution is -0.132. The minimum absolute atomic E-state index is 0.0415. The number of ether oxygens (including phenoxy) is 1. The van der Waals surface area contributed by atoms with Gasteiger partial charge in [-0.15, -0.1) is 0 Å². The van der Waals surface area contributed by atoms with Crippen molar-refractivity contribution in [1.82, 2.24) is 4.90 Å². The lowest BCUT2D eigenvalue weighted by Gasteiger charge is -2.16. The third-order valence-corrected chi connectivity index (χ3v) is 3.36. The molecule has 0 aromatic heterocycles. The van der Waals surface area contributed by atoms with E-state index in [1.807, 2.05) is 31.3 Å². The van der Waals surface area contributed by atoms with Crippen LogP contribution < -0.4 is 4.74 Å². The second-order valence-corrected chi connectivity index (χ2v) is 5.38. The number of rotatable bonds is 5. The van der Waals surface area contributed by atoms with Gasteiger partial charge < -0.3 is 9.64 Å². The Bertz CT molecular complexity index is 387. The van der Waals surface area contributed by atoms with Gasteiger partial charge in [-0.1, -0.05) is 15.9 Å². The van der Waals surface area contributed by atoms with Gasteiger partial charge in [0.2, 0.25) is 0 Å². The Morgan fingerprint density at radius 1 is 1.41 bits per heavy atom. The van der Waals surface area contributed by atoms with Gasteiger partial charge in [0.15, 0.2) is 6.61 Å². The molecule has 0 aliphatic heterocycles. The van der Waals surface area contributed by atoms with Crippen LogP contribution in [-0.4, -0.2) is 31.0 Å². The maximum absolute atomic E-state index is 11.7. The standard InChI is InChI=1S/C13H16BrNO2/c1-15(8-10-2-3-10)13(16)9-17-12-6-4-11(14)5-7-12/h4-7,10H,2-3,8-9H2,1H3. The molecule has 0 unspecified atom stereocenters. The number of nitrogens with zero attached hydrogens (tertiary/aromatic N) is 1. The van der Waals surface area contributed by atoms with Crippen LogP contribution in [-0.2, 0) is 4.79 Å². The molecule has 1 aromatic carbocycles. The molecule has 1 aliphatic rings. The zero-order chi connectivity index (χ0) is 12.3. The number of likely N-dealkylation sites (N-methyl/N-ethyl adjacent to an activating group) is 1. The second kappa shape index (κ2) is 5.54. The fourth-order valence-electron chi connectivity index (χ4n) is 1.58. The number of halogens is 1. The summed E-state index contributed by atoms with van der Waals surface area (Å²) >= 11 is 3.35. The molecule has 1 aromatic rings. The van der Waals surface area contributed by atoms with Crippen LogP contribution in [0, 0.1) is 5.92 Å². The molecular weight excluding hydrogens is 282 g/mol. The molecule has 0 heterocycles. The largest absolute Gasteiger partial charge is 0.484 e. The van der Waals surface area contributed by atoms with E-state index in [2.05, 4.69) is 15.9 Å². The SMILES string of the molecule is CN(CC1CC1)C(=O)COc1ccc(Br)cc1. The number of carbonyl (C=O) groups is 1. The van der Waals surface area contributed by atoms with Crippen LogP contribution in [0.25, 0.3) is 0 Å². The van der Waals surface area contributed by atoms with Gasteiger partial charge in [-0.2, -0.15) is 0 Å². The Hall–Kier alpha value is -1.03. The Balaban J connectivity index is 1.76. The quantitative estimate of drug-likeness (QED) is 0.836. The highest BCUT2D eigenvalue weighted by molar-refractivity contribution is 9.10. The average molecular weight is 298 g/mol. The van der Waals surface area contributed by atoms with E-state index in [0.29, 0.717) is 0 Å². The lowest BCUT2D eigenvalue weighted by Crippen LogP contribution is -2.32. The van der Waals surface area contributed by atoms with Crippen LogP contribution in [0.4, 0.5) is 0 Å². The Labute approximate surface area is 110 Å². The summed E-state index contributed by atoms with van der Waals surface area (Å²) in [6.45, 7) is 0.980. The summed E-state index contributed by atoms with van der Waals surface area (Å²) in [7, 11) is 1.84. The Morgan fingerprint density at radius 2 is 2.06 bits per heavy atom. The monoisotopic (exact) mass is 297 g/mol. The highest BCUT2D eigenvalue weighted by Gasteiger charge is 2.24. The molecule has 2 rings (SSSR count). The van der Waals surface area contributed by atoms with Gasteiger partial charge in [0.25, 0.3) is 5.91 Å². The molecule has 1 saturated carbocycles. The summed E-state index contributed by atoms with van der Waals surface area (Å²) in [5.74, 6) is 1.48. The molecular formula is C13H16BrNO2. The molecule has 17 heavy (non-hydrogen) atoms. The fourth-order valence-corrected chi connectivity index (χ4v) is 1.84. The Morgan fingerprint density at radius 3 is 2.65 bits per heavy atom. The third-order valence-electron chi connectivity index (χ3n) is 2.83. The zero-order valence-electron chi connectivity index (χ0n) is 9.86. The Kier molecular flexibility index (Phi) is 4.05. The highest BCUT2D eigenvalue weighted by atomic mass is 79.9. The van der Waals surface area contributed by atoms with E-state index in [0.717, 1.165) is 22.7 Å². The molecule has 92 valence electrons. The minimum atomic E-state index is 0.0415. The van der Waals surface area contributed by atoms with E-state index in [-0.39, 0.29) is 12.5 Å². The van der Waals surface area contributed by atoms with E-state index in [4.69, 9.17) is 4.74 Å². The normalized spacial score (nSPS) is 14.5. The molecule has 1 fully saturated rings. The first-order valence-electron chi connectivity index (χ1n) is 5.77. The molecule has 0 spiro atoms. The summed E-state index contributed by atoms with van der Waals surface area (Å²) in [5, 5.41) is 0. The molecule has 0 N–H and O–H groups in total. The number of hydrogen-bond acceptors (Lipinski definition) is 2. The van der Waals surface area contributed by atoms with E-state index in [1.165, 1.54) is 12.8 Å². The summed E-state index contributed by atoms with van der Waals surface area (Å²) in [6, 6.07) is 7.48. The van der Waals surface area contributed by atoms with Crippen molar-refractivity contribution in [3.8, 4) is 5.75 Å². The molecule has 0 saturated heterocycles. The molecule has 1 aliphatic carbocycles. The van der Waals surface area contributed by atoms with Crippen LogP contribution >= 0.6 is 15.9 Å². The highest BCUT2D eigenvalue weighted by Crippen LogP contribution is 2.29. The van der Waals surface area contributed by atoms with Gasteiger partial charge in [-0.25, -0.2) is 0 Å².